The Labute approximate surface area is 112 Å². The predicted molar refractivity (Wildman–Crippen MR) is 74.6 cm³/mol. The average Bonchev–Trinajstić information content (AvgIpc) is 2.90. The van der Waals surface area contributed by atoms with E-state index >= 15 is 0 Å². The van der Waals surface area contributed by atoms with Crippen LogP contribution in [0, 0.1) is 5.92 Å². The van der Waals surface area contributed by atoms with Crippen molar-refractivity contribution in [3.63, 3.8) is 0 Å². The molecule has 0 radical (unpaired) electrons. The van der Waals surface area contributed by atoms with E-state index in [4.69, 9.17) is 5.11 Å². The summed E-state index contributed by atoms with van der Waals surface area (Å²) >= 11 is 0. The zero-order chi connectivity index (χ0) is 13.7. The van der Waals surface area contributed by atoms with Crippen molar-refractivity contribution in [3.8, 4) is 0 Å². The van der Waals surface area contributed by atoms with Crippen LogP contribution in [0.2, 0.25) is 0 Å². The molecule has 3 heteroatoms. The van der Waals surface area contributed by atoms with Crippen molar-refractivity contribution < 1.29 is 15.0 Å². The van der Waals surface area contributed by atoms with Gasteiger partial charge in [-0.3, -0.25) is 0 Å². The molecule has 0 fully saturated rings. The molecule has 1 aliphatic carbocycles. The van der Waals surface area contributed by atoms with Gasteiger partial charge >= 0.3 is 5.97 Å². The summed E-state index contributed by atoms with van der Waals surface area (Å²) in [6.45, 7) is 0.00619. The van der Waals surface area contributed by atoms with E-state index in [2.05, 4.69) is 0 Å². The lowest BCUT2D eigenvalue weighted by Crippen LogP contribution is -1.96. The lowest BCUT2D eigenvalue weighted by atomic mass is 10.00. The van der Waals surface area contributed by atoms with Crippen molar-refractivity contribution in [1.82, 2.24) is 0 Å². The molecule has 3 nitrogen and oxygen atoms in total. The minimum absolute atomic E-state index is 0.00619. The summed E-state index contributed by atoms with van der Waals surface area (Å²) in [5.41, 5.74) is 2.44. The molecule has 1 atom stereocenters. The first kappa shape index (κ1) is 13.6. The van der Waals surface area contributed by atoms with Crippen molar-refractivity contribution >= 4 is 11.5 Å². The first-order chi connectivity index (χ1) is 9.20. The quantitative estimate of drug-likeness (QED) is 0.853. The van der Waals surface area contributed by atoms with Crippen molar-refractivity contribution in [3.05, 3.63) is 53.6 Å². The van der Waals surface area contributed by atoms with Crippen LogP contribution in [-0.2, 0) is 4.79 Å². The molecule has 19 heavy (non-hydrogen) atoms. The van der Waals surface area contributed by atoms with Crippen molar-refractivity contribution in [1.29, 1.82) is 0 Å². The van der Waals surface area contributed by atoms with Crippen LogP contribution in [0.3, 0.4) is 0 Å². The highest BCUT2D eigenvalue weighted by Gasteiger charge is 2.19. The fraction of sp³-hybridized carbons (Fsp3) is 0.312. The van der Waals surface area contributed by atoms with Crippen LogP contribution >= 0.6 is 0 Å². The third-order valence-electron chi connectivity index (χ3n) is 3.48. The van der Waals surface area contributed by atoms with Gasteiger partial charge in [0.2, 0.25) is 0 Å². The summed E-state index contributed by atoms with van der Waals surface area (Å²) in [4.78, 5) is 10.8. The Morgan fingerprint density at radius 3 is 2.63 bits per heavy atom. The van der Waals surface area contributed by atoms with Gasteiger partial charge in [0, 0.05) is 5.57 Å². The van der Waals surface area contributed by atoms with Gasteiger partial charge in [0.15, 0.2) is 0 Å². The second-order valence-electron chi connectivity index (χ2n) is 4.79. The highest BCUT2D eigenvalue weighted by atomic mass is 16.4. The number of aliphatic hydroxyl groups is 1. The Morgan fingerprint density at radius 2 is 2.05 bits per heavy atom. The molecule has 1 unspecified atom stereocenters. The number of carbonyl (C=O) groups is 1. The minimum atomic E-state index is -0.808. The number of hydrogen-bond acceptors (Lipinski definition) is 2. The maximum absolute atomic E-state index is 10.8. The molecule has 1 aromatic carbocycles. The van der Waals surface area contributed by atoms with E-state index < -0.39 is 5.97 Å². The highest BCUT2D eigenvalue weighted by Crippen LogP contribution is 2.28. The maximum Gasteiger partial charge on any atom is 0.331 e. The Bertz CT molecular complexity index is 500. The smallest absolute Gasteiger partial charge is 0.331 e. The van der Waals surface area contributed by atoms with Crippen LogP contribution < -0.4 is 0 Å². The summed E-state index contributed by atoms with van der Waals surface area (Å²) in [7, 11) is 0. The molecule has 2 N–H and O–H groups in total. The molecule has 0 amide bonds. The van der Waals surface area contributed by atoms with Gasteiger partial charge < -0.3 is 10.2 Å². The summed E-state index contributed by atoms with van der Waals surface area (Å²) < 4.78 is 0. The van der Waals surface area contributed by atoms with Crippen molar-refractivity contribution in [2.45, 2.75) is 19.3 Å². The third kappa shape index (κ3) is 3.55. The number of carboxylic acids is 1. The van der Waals surface area contributed by atoms with Crippen molar-refractivity contribution in [2.75, 3.05) is 6.61 Å². The Hall–Kier alpha value is -1.87. The molecule has 0 saturated carbocycles. The van der Waals surface area contributed by atoms with Crippen LogP contribution in [0.4, 0.5) is 0 Å². The molecule has 0 saturated heterocycles. The Morgan fingerprint density at radius 1 is 1.32 bits per heavy atom. The fourth-order valence-corrected chi connectivity index (χ4v) is 2.38. The monoisotopic (exact) mass is 258 g/mol. The number of carboxylic acid groups (broad SMARTS) is 1. The lowest BCUT2D eigenvalue weighted by molar-refractivity contribution is -0.132. The van der Waals surface area contributed by atoms with Crippen LogP contribution in [0.5, 0.6) is 0 Å². The van der Waals surface area contributed by atoms with Crippen molar-refractivity contribution in [2.24, 2.45) is 5.92 Å². The lowest BCUT2D eigenvalue weighted by Gasteiger charge is -2.07. The van der Waals surface area contributed by atoms with E-state index in [1.165, 1.54) is 0 Å². The average molecular weight is 258 g/mol. The fourth-order valence-electron chi connectivity index (χ4n) is 2.38. The van der Waals surface area contributed by atoms with E-state index in [1.54, 1.807) is 0 Å². The van der Waals surface area contributed by atoms with Gasteiger partial charge in [-0.25, -0.2) is 4.79 Å². The normalized spacial score (nSPS) is 19.3. The van der Waals surface area contributed by atoms with Gasteiger partial charge in [-0.05, 0) is 36.3 Å². The van der Waals surface area contributed by atoms with E-state index in [0.717, 1.165) is 24.0 Å². The molecule has 0 aliphatic heterocycles. The zero-order valence-corrected chi connectivity index (χ0v) is 10.7. The highest BCUT2D eigenvalue weighted by molar-refractivity contribution is 5.87. The molecule has 0 aromatic heterocycles. The standard InChI is InChI=1S/C16H18O3/c17-11-15(13-4-2-1-3-5-13)9-7-12-6-8-14(10-12)16(18)19/h1-5,9-10,12,17H,6-8,11H2,(H,18,19)/b15-9+. The molecular formula is C16H18O3. The van der Waals surface area contributed by atoms with E-state index in [0.29, 0.717) is 12.0 Å². The van der Waals surface area contributed by atoms with Gasteiger partial charge in [-0.2, -0.15) is 0 Å². The number of benzene rings is 1. The van der Waals surface area contributed by atoms with Gasteiger partial charge in [0.05, 0.1) is 6.61 Å². The molecular weight excluding hydrogens is 240 g/mol. The number of aliphatic carboxylic acids is 1. The Balaban J connectivity index is 2.04. The Kier molecular flexibility index (Phi) is 4.53. The van der Waals surface area contributed by atoms with Gasteiger partial charge in [0.1, 0.15) is 0 Å². The van der Waals surface area contributed by atoms with Crippen LogP contribution in [0.15, 0.2) is 48.1 Å². The summed E-state index contributed by atoms with van der Waals surface area (Å²) in [6, 6.07) is 9.76. The van der Waals surface area contributed by atoms with Crippen LogP contribution in [0.1, 0.15) is 24.8 Å². The largest absolute Gasteiger partial charge is 0.478 e. The second kappa shape index (κ2) is 6.34. The summed E-state index contributed by atoms with van der Waals surface area (Å²) in [5, 5.41) is 18.3. The topological polar surface area (TPSA) is 57.5 Å². The summed E-state index contributed by atoms with van der Waals surface area (Å²) in [5.74, 6) is -0.534. The second-order valence-corrected chi connectivity index (χ2v) is 4.79. The van der Waals surface area contributed by atoms with Gasteiger partial charge in [-0.1, -0.05) is 42.5 Å². The third-order valence-corrected chi connectivity index (χ3v) is 3.48. The van der Waals surface area contributed by atoms with Crippen LogP contribution in [-0.4, -0.2) is 22.8 Å². The van der Waals surface area contributed by atoms with E-state index in [-0.39, 0.29) is 12.5 Å². The molecule has 0 spiro atoms. The molecule has 0 bridgehead atoms. The SMILES string of the molecule is O=C(O)C1=CC(C/C=C(\CO)c2ccccc2)CC1. The molecule has 1 aromatic rings. The zero-order valence-electron chi connectivity index (χ0n) is 10.7. The number of hydrogen-bond donors (Lipinski definition) is 2. The van der Waals surface area contributed by atoms with Gasteiger partial charge in [-0.15, -0.1) is 0 Å². The minimum Gasteiger partial charge on any atom is -0.478 e. The number of allylic oxidation sites excluding steroid dienone is 2. The summed E-state index contributed by atoms with van der Waals surface area (Å²) in [6.07, 6.45) is 6.17. The van der Waals surface area contributed by atoms with Gasteiger partial charge in [0.25, 0.3) is 0 Å². The van der Waals surface area contributed by atoms with Crippen LogP contribution in [0.25, 0.3) is 5.57 Å². The van der Waals surface area contributed by atoms with E-state index in [1.807, 2.05) is 42.5 Å². The molecule has 1 aliphatic rings. The first-order valence-electron chi connectivity index (χ1n) is 6.50. The molecule has 100 valence electrons. The van der Waals surface area contributed by atoms with E-state index in [9.17, 15) is 9.90 Å². The maximum atomic E-state index is 10.8. The first-order valence-corrected chi connectivity index (χ1v) is 6.50. The molecule has 2 rings (SSSR count). The predicted octanol–water partition coefficient (Wildman–Crippen LogP) is 2.87. The number of aliphatic hydroxyl groups excluding tert-OH is 1. The molecule has 0 heterocycles. The number of rotatable bonds is 5.